The molecule has 2 fully saturated rings. The summed E-state index contributed by atoms with van der Waals surface area (Å²) in [5.74, 6) is 1.23. The molecule has 0 spiro atoms. The van der Waals surface area contributed by atoms with Gasteiger partial charge < -0.3 is 9.64 Å². The maximum Gasteiger partial charge on any atom is 0.306 e. The standard InChI is InChI=1S/C20H33NO4/c1-4-15-12-14(3)13-18(15)25-20(24)7-6-19(23)21-10-8-16(9-11-21)17(22)5-2/h14-16,18H,4-13H2,1-3H3/t14-,15+,18?/m1/s1. The summed E-state index contributed by atoms with van der Waals surface area (Å²) in [6.45, 7) is 7.48. The predicted octanol–water partition coefficient (Wildman–Crippen LogP) is 3.35. The van der Waals surface area contributed by atoms with E-state index in [1.54, 1.807) is 4.90 Å². The number of Topliss-reactive ketones (excluding diaryl/α,β-unsaturated/α-hetero) is 1. The first-order valence-electron chi connectivity index (χ1n) is 9.94. The number of amides is 1. The predicted molar refractivity (Wildman–Crippen MR) is 95.9 cm³/mol. The van der Waals surface area contributed by atoms with Gasteiger partial charge in [0.15, 0.2) is 0 Å². The van der Waals surface area contributed by atoms with Crippen LogP contribution in [0.3, 0.4) is 0 Å². The Kier molecular flexibility index (Phi) is 7.45. The average molecular weight is 351 g/mol. The number of piperidine rings is 1. The van der Waals surface area contributed by atoms with Crippen LogP contribution in [0, 0.1) is 17.8 Å². The highest BCUT2D eigenvalue weighted by Crippen LogP contribution is 2.35. The van der Waals surface area contributed by atoms with Gasteiger partial charge in [0.1, 0.15) is 11.9 Å². The summed E-state index contributed by atoms with van der Waals surface area (Å²) >= 11 is 0. The Hall–Kier alpha value is -1.39. The highest BCUT2D eigenvalue weighted by molar-refractivity contribution is 5.83. The van der Waals surface area contributed by atoms with E-state index in [1.165, 1.54) is 0 Å². The lowest BCUT2D eigenvalue weighted by atomic mass is 9.91. The summed E-state index contributed by atoms with van der Waals surface area (Å²) in [6.07, 6.45) is 5.57. The Balaban J connectivity index is 1.70. The topological polar surface area (TPSA) is 63.7 Å². The van der Waals surface area contributed by atoms with Crippen LogP contribution >= 0.6 is 0 Å². The number of ether oxygens (including phenoxy) is 1. The Bertz CT molecular complexity index is 482. The molecule has 1 aliphatic carbocycles. The van der Waals surface area contributed by atoms with Crippen LogP contribution < -0.4 is 0 Å². The molecule has 2 rings (SSSR count). The first kappa shape index (κ1) is 19.9. The summed E-state index contributed by atoms with van der Waals surface area (Å²) in [7, 11) is 0. The van der Waals surface area contributed by atoms with E-state index in [9.17, 15) is 14.4 Å². The van der Waals surface area contributed by atoms with Crippen LogP contribution in [0.2, 0.25) is 0 Å². The van der Waals surface area contributed by atoms with Crippen molar-refractivity contribution in [3.63, 3.8) is 0 Å². The van der Waals surface area contributed by atoms with Gasteiger partial charge in [-0.1, -0.05) is 20.8 Å². The number of likely N-dealkylation sites (tertiary alicyclic amines) is 1. The minimum atomic E-state index is -0.248. The van der Waals surface area contributed by atoms with Crippen molar-refractivity contribution in [1.82, 2.24) is 4.90 Å². The lowest BCUT2D eigenvalue weighted by Gasteiger charge is -2.31. The summed E-state index contributed by atoms with van der Waals surface area (Å²) in [4.78, 5) is 37.9. The molecule has 3 atom stereocenters. The Labute approximate surface area is 151 Å². The van der Waals surface area contributed by atoms with Crippen molar-refractivity contribution in [3.05, 3.63) is 0 Å². The molecule has 1 unspecified atom stereocenters. The van der Waals surface area contributed by atoms with Gasteiger partial charge in [0.2, 0.25) is 5.91 Å². The van der Waals surface area contributed by atoms with Crippen LogP contribution in [-0.2, 0) is 19.1 Å². The molecule has 1 amide bonds. The number of hydrogen-bond acceptors (Lipinski definition) is 4. The van der Waals surface area contributed by atoms with Gasteiger partial charge in [0.25, 0.3) is 0 Å². The Morgan fingerprint density at radius 1 is 1.04 bits per heavy atom. The zero-order valence-corrected chi connectivity index (χ0v) is 16.0. The highest BCUT2D eigenvalue weighted by Gasteiger charge is 2.33. The molecule has 0 aromatic carbocycles. The minimum Gasteiger partial charge on any atom is -0.462 e. The molecular formula is C20H33NO4. The fraction of sp³-hybridized carbons (Fsp3) is 0.850. The molecule has 0 radical (unpaired) electrons. The third kappa shape index (κ3) is 5.55. The highest BCUT2D eigenvalue weighted by atomic mass is 16.5. The number of ketones is 1. The van der Waals surface area contributed by atoms with Crippen LogP contribution in [-0.4, -0.2) is 41.8 Å². The summed E-state index contributed by atoms with van der Waals surface area (Å²) < 4.78 is 5.63. The molecule has 0 bridgehead atoms. The summed E-state index contributed by atoms with van der Waals surface area (Å²) in [6, 6.07) is 0. The molecule has 1 aliphatic heterocycles. The summed E-state index contributed by atoms with van der Waals surface area (Å²) in [5, 5.41) is 0. The van der Waals surface area contributed by atoms with Crippen LogP contribution in [0.15, 0.2) is 0 Å². The van der Waals surface area contributed by atoms with Crippen molar-refractivity contribution in [2.75, 3.05) is 13.1 Å². The quantitative estimate of drug-likeness (QED) is 0.660. The van der Waals surface area contributed by atoms with Gasteiger partial charge in [-0.05, 0) is 43.9 Å². The minimum absolute atomic E-state index is 0.00572. The molecule has 0 N–H and O–H groups in total. The van der Waals surface area contributed by atoms with Crippen LogP contribution in [0.5, 0.6) is 0 Å². The fourth-order valence-corrected chi connectivity index (χ4v) is 4.26. The second kappa shape index (κ2) is 9.35. The Morgan fingerprint density at radius 3 is 2.32 bits per heavy atom. The van der Waals surface area contributed by atoms with Gasteiger partial charge in [0, 0.05) is 31.8 Å². The van der Waals surface area contributed by atoms with E-state index >= 15 is 0 Å². The maximum atomic E-state index is 12.3. The maximum absolute atomic E-state index is 12.3. The van der Waals surface area contributed by atoms with E-state index < -0.39 is 0 Å². The molecule has 0 aromatic heterocycles. The van der Waals surface area contributed by atoms with Crippen molar-refractivity contribution in [3.8, 4) is 0 Å². The first-order chi connectivity index (χ1) is 11.9. The van der Waals surface area contributed by atoms with E-state index in [0.717, 1.165) is 32.1 Å². The smallest absolute Gasteiger partial charge is 0.306 e. The number of carbonyl (C=O) groups is 3. The number of carbonyl (C=O) groups excluding carboxylic acids is 3. The van der Waals surface area contributed by atoms with Crippen molar-refractivity contribution < 1.29 is 19.1 Å². The van der Waals surface area contributed by atoms with Crippen molar-refractivity contribution in [2.45, 2.75) is 78.2 Å². The van der Waals surface area contributed by atoms with Gasteiger partial charge in [-0.15, -0.1) is 0 Å². The number of rotatable bonds is 7. The number of hydrogen-bond donors (Lipinski definition) is 0. The average Bonchev–Trinajstić information content (AvgIpc) is 2.98. The molecule has 142 valence electrons. The van der Waals surface area contributed by atoms with E-state index in [1.807, 2.05) is 6.92 Å². The van der Waals surface area contributed by atoms with Crippen LogP contribution in [0.25, 0.3) is 0 Å². The first-order valence-corrected chi connectivity index (χ1v) is 9.94. The summed E-state index contributed by atoms with van der Waals surface area (Å²) in [5.41, 5.74) is 0. The zero-order valence-electron chi connectivity index (χ0n) is 16.0. The monoisotopic (exact) mass is 351 g/mol. The van der Waals surface area contributed by atoms with E-state index in [0.29, 0.717) is 37.1 Å². The number of esters is 1. The molecule has 2 aliphatic rings. The lowest BCUT2D eigenvalue weighted by molar-refractivity contribution is -0.152. The lowest BCUT2D eigenvalue weighted by Crippen LogP contribution is -2.40. The SMILES string of the molecule is CCC(=O)C1CCN(C(=O)CCC(=O)OC2C[C@H](C)C[C@@H]2CC)CC1. The molecule has 1 saturated carbocycles. The van der Waals surface area contributed by atoms with Crippen molar-refractivity contribution >= 4 is 17.7 Å². The molecule has 5 heteroatoms. The zero-order chi connectivity index (χ0) is 18.4. The van der Waals surface area contributed by atoms with E-state index in [2.05, 4.69) is 13.8 Å². The van der Waals surface area contributed by atoms with Gasteiger partial charge in [-0.2, -0.15) is 0 Å². The van der Waals surface area contributed by atoms with Gasteiger partial charge in [-0.25, -0.2) is 0 Å². The van der Waals surface area contributed by atoms with Gasteiger partial charge in [0.05, 0.1) is 6.42 Å². The third-order valence-electron chi connectivity index (χ3n) is 5.87. The Morgan fingerprint density at radius 2 is 1.72 bits per heavy atom. The molecule has 0 aromatic rings. The van der Waals surface area contributed by atoms with Gasteiger partial charge in [-0.3, -0.25) is 14.4 Å². The van der Waals surface area contributed by atoms with Crippen LogP contribution in [0.1, 0.15) is 72.1 Å². The van der Waals surface area contributed by atoms with E-state index in [-0.39, 0.29) is 36.7 Å². The van der Waals surface area contributed by atoms with Gasteiger partial charge >= 0.3 is 5.97 Å². The second-order valence-corrected chi connectivity index (χ2v) is 7.75. The molecule has 1 saturated heterocycles. The van der Waals surface area contributed by atoms with Crippen LogP contribution in [0.4, 0.5) is 0 Å². The third-order valence-corrected chi connectivity index (χ3v) is 5.87. The molecular weight excluding hydrogens is 318 g/mol. The molecule has 5 nitrogen and oxygen atoms in total. The number of nitrogens with zero attached hydrogens (tertiary/aromatic N) is 1. The van der Waals surface area contributed by atoms with Crippen molar-refractivity contribution in [2.24, 2.45) is 17.8 Å². The normalized spacial score (nSPS) is 27.3. The molecule has 25 heavy (non-hydrogen) atoms. The largest absolute Gasteiger partial charge is 0.462 e. The van der Waals surface area contributed by atoms with E-state index in [4.69, 9.17) is 4.74 Å². The fourth-order valence-electron chi connectivity index (χ4n) is 4.26. The van der Waals surface area contributed by atoms with Crippen molar-refractivity contribution in [1.29, 1.82) is 0 Å². The molecule has 1 heterocycles. The second-order valence-electron chi connectivity index (χ2n) is 7.75.